The Bertz CT molecular complexity index is 693. The molecule has 1 saturated heterocycles. The van der Waals surface area contributed by atoms with Crippen molar-refractivity contribution >= 4 is 16.0 Å². The van der Waals surface area contributed by atoms with Crippen LogP contribution >= 0.6 is 0 Å². The van der Waals surface area contributed by atoms with Gasteiger partial charge in [-0.3, -0.25) is 4.79 Å². The lowest BCUT2D eigenvalue weighted by Crippen LogP contribution is -2.48. The number of hydrogen-bond donors (Lipinski definition) is 0. The first kappa shape index (κ1) is 16.8. The normalized spacial score (nSPS) is 19.9. The van der Waals surface area contributed by atoms with Crippen LogP contribution < -0.4 is 0 Å². The van der Waals surface area contributed by atoms with Gasteiger partial charge in [0.05, 0.1) is 7.11 Å². The van der Waals surface area contributed by atoms with Crippen molar-refractivity contribution in [1.29, 1.82) is 0 Å². The number of ether oxygens (including phenoxy) is 1. The molecule has 1 atom stereocenters. The van der Waals surface area contributed by atoms with Crippen LogP contribution in [0, 0.1) is 17.5 Å². The Hall–Kier alpha value is -1.61. The molecular weight excluding hydrogens is 323 g/mol. The maximum Gasteiger partial charge on any atom is 0.324 e. The summed E-state index contributed by atoms with van der Waals surface area (Å²) in [4.78, 5) is 10.7. The zero-order chi connectivity index (χ0) is 16.5. The second-order valence-electron chi connectivity index (χ2n) is 4.82. The maximum absolute atomic E-state index is 13.8. The molecule has 0 bridgehead atoms. The summed E-state index contributed by atoms with van der Waals surface area (Å²) in [6.45, 7) is -0.0272. The average Bonchev–Trinajstić information content (AvgIpc) is 2.51. The molecule has 1 aromatic rings. The molecule has 2 rings (SSSR count). The van der Waals surface area contributed by atoms with E-state index in [0.29, 0.717) is 25.0 Å². The Morgan fingerprint density at radius 1 is 1.23 bits per heavy atom. The molecule has 9 heteroatoms. The van der Waals surface area contributed by atoms with Crippen LogP contribution in [0.5, 0.6) is 0 Å². The van der Waals surface area contributed by atoms with Gasteiger partial charge in [0.2, 0.25) is 10.0 Å². The summed E-state index contributed by atoms with van der Waals surface area (Å²) >= 11 is 0. The van der Waals surface area contributed by atoms with Crippen LogP contribution in [0.3, 0.4) is 0 Å². The molecule has 1 heterocycles. The van der Waals surface area contributed by atoms with Crippen molar-refractivity contribution in [1.82, 2.24) is 4.31 Å². The predicted molar refractivity (Wildman–Crippen MR) is 69.9 cm³/mol. The smallest absolute Gasteiger partial charge is 0.324 e. The van der Waals surface area contributed by atoms with E-state index < -0.39 is 44.4 Å². The van der Waals surface area contributed by atoms with Crippen LogP contribution in [0.4, 0.5) is 13.2 Å². The lowest BCUT2D eigenvalue weighted by Gasteiger charge is -2.32. The fourth-order valence-corrected chi connectivity index (χ4v) is 4.10. The van der Waals surface area contributed by atoms with E-state index in [1.54, 1.807) is 0 Å². The summed E-state index contributed by atoms with van der Waals surface area (Å²) in [6, 6.07) is 0.0743. The lowest BCUT2D eigenvalue weighted by atomic mass is 10.1. The molecule has 0 spiro atoms. The van der Waals surface area contributed by atoms with Crippen LogP contribution in [0.2, 0.25) is 0 Å². The van der Waals surface area contributed by atoms with Gasteiger partial charge in [-0.1, -0.05) is 0 Å². The fraction of sp³-hybridized carbons (Fsp3) is 0.462. The number of carbonyl (C=O) groups is 1. The maximum atomic E-state index is 13.8. The molecule has 1 aromatic carbocycles. The fourth-order valence-electron chi connectivity index (χ4n) is 2.40. The van der Waals surface area contributed by atoms with Gasteiger partial charge >= 0.3 is 5.97 Å². The average molecular weight is 337 g/mol. The van der Waals surface area contributed by atoms with Crippen molar-refractivity contribution in [3.63, 3.8) is 0 Å². The number of esters is 1. The molecule has 1 aliphatic rings. The van der Waals surface area contributed by atoms with Gasteiger partial charge in [0.1, 0.15) is 10.9 Å². The molecule has 0 N–H and O–H groups in total. The van der Waals surface area contributed by atoms with E-state index in [4.69, 9.17) is 0 Å². The van der Waals surface area contributed by atoms with Crippen molar-refractivity contribution in [2.45, 2.75) is 30.2 Å². The quantitative estimate of drug-likeness (QED) is 0.623. The first-order valence-electron chi connectivity index (χ1n) is 6.54. The van der Waals surface area contributed by atoms with Crippen LogP contribution in [0.15, 0.2) is 17.0 Å². The summed E-state index contributed by atoms with van der Waals surface area (Å²) < 4.78 is 70.3. The third kappa shape index (κ3) is 2.82. The summed E-state index contributed by atoms with van der Waals surface area (Å²) in [5.41, 5.74) is 0. The van der Waals surface area contributed by atoms with Gasteiger partial charge in [-0.05, 0) is 31.4 Å². The van der Waals surface area contributed by atoms with Crippen LogP contribution in [0.1, 0.15) is 19.3 Å². The Balaban J connectivity index is 2.49. The number of benzene rings is 1. The third-order valence-corrected chi connectivity index (χ3v) is 5.44. The van der Waals surface area contributed by atoms with Crippen LogP contribution in [0.25, 0.3) is 0 Å². The first-order valence-corrected chi connectivity index (χ1v) is 7.98. The van der Waals surface area contributed by atoms with Crippen LogP contribution in [-0.2, 0) is 19.6 Å². The summed E-state index contributed by atoms with van der Waals surface area (Å²) in [6.07, 6.45) is 1.29. The highest BCUT2D eigenvalue weighted by Gasteiger charge is 2.40. The van der Waals surface area contributed by atoms with Crippen molar-refractivity contribution in [2.24, 2.45) is 0 Å². The Labute approximate surface area is 125 Å². The highest BCUT2D eigenvalue weighted by atomic mass is 32.2. The van der Waals surface area contributed by atoms with E-state index in [1.165, 1.54) is 0 Å². The second kappa shape index (κ2) is 6.25. The van der Waals surface area contributed by atoms with Crippen molar-refractivity contribution < 1.29 is 31.1 Å². The molecular formula is C13H14F3NO4S. The summed E-state index contributed by atoms with van der Waals surface area (Å²) in [5, 5.41) is 0. The number of methoxy groups -OCH3 is 1. The minimum absolute atomic E-state index is 0.0272. The van der Waals surface area contributed by atoms with E-state index in [9.17, 15) is 26.4 Å². The molecule has 122 valence electrons. The molecule has 0 aliphatic carbocycles. The van der Waals surface area contributed by atoms with Crippen molar-refractivity contribution in [2.75, 3.05) is 13.7 Å². The largest absolute Gasteiger partial charge is 0.468 e. The van der Waals surface area contributed by atoms with Gasteiger partial charge in [-0.15, -0.1) is 0 Å². The molecule has 1 fully saturated rings. The minimum atomic E-state index is -4.49. The summed E-state index contributed by atoms with van der Waals surface area (Å²) in [7, 11) is -3.37. The highest BCUT2D eigenvalue weighted by Crippen LogP contribution is 2.28. The SMILES string of the molecule is COC(=O)C1CCCCN1S(=O)(=O)c1ccc(F)c(F)c1F. The lowest BCUT2D eigenvalue weighted by molar-refractivity contribution is -0.146. The monoisotopic (exact) mass is 337 g/mol. The molecule has 1 unspecified atom stereocenters. The topological polar surface area (TPSA) is 63.7 Å². The molecule has 0 radical (unpaired) electrons. The number of nitrogens with zero attached hydrogens (tertiary/aromatic N) is 1. The molecule has 0 amide bonds. The predicted octanol–water partition coefficient (Wildman–Crippen LogP) is 1.82. The van der Waals surface area contributed by atoms with E-state index in [0.717, 1.165) is 11.4 Å². The third-order valence-electron chi connectivity index (χ3n) is 3.51. The van der Waals surface area contributed by atoms with Gasteiger partial charge in [0.25, 0.3) is 0 Å². The van der Waals surface area contributed by atoms with Crippen molar-refractivity contribution in [3.8, 4) is 0 Å². The molecule has 22 heavy (non-hydrogen) atoms. The Morgan fingerprint density at radius 3 is 2.55 bits per heavy atom. The second-order valence-corrected chi connectivity index (χ2v) is 6.68. The number of piperidine rings is 1. The van der Waals surface area contributed by atoms with E-state index in [1.807, 2.05) is 0 Å². The van der Waals surface area contributed by atoms with Gasteiger partial charge in [0.15, 0.2) is 17.5 Å². The van der Waals surface area contributed by atoms with Gasteiger partial charge in [0, 0.05) is 6.54 Å². The number of halogens is 3. The van der Waals surface area contributed by atoms with E-state index in [2.05, 4.69) is 4.74 Å². The molecule has 5 nitrogen and oxygen atoms in total. The van der Waals surface area contributed by atoms with E-state index in [-0.39, 0.29) is 13.0 Å². The molecule has 0 aromatic heterocycles. The van der Waals surface area contributed by atoms with Gasteiger partial charge in [-0.25, -0.2) is 21.6 Å². The number of sulfonamides is 1. The zero-order valence-corrected chi connectivity index (χ0v) is 12.5. The molecule has 0 saturated carbocycles. The Kier molecular flexibility index (Phi) is 4.76. The number of rotatable bonds is 3. The standard InChI is InChI=1S/C13H14F3NO4S/c1-21-13(18)9-4-2-3-7-17(9)22(19,20)10-6-5-8(14)11(15)12(10)16/h5-6,9H,2-4,7H2,1H3. The summed E-state index contributed by atoms with van der Waals surface area (Å²) in [5.74, 6) is -5.92. The van der Waals surface area contributed by atoms with Gasteiger partial charge in [-0.2, -0.15) is 4.31 Å². The van der Waals surface area contributed by atoms with Crippen LogP contribution in [-0.4, -0.2) is 38.4 Å². The van der Waals surface area contributed by atoms with E-state index >= 15 is 0 Å². The number of carbonyl (C=O) groups excluding carboxylic acids is 1. The zero-order valence-electron chi connectivity index (χ0n) is 11.7. The Morgan fingerprint density at radius 2 is 1.91 bits per heavy atom. The molecule has 1 aliphatic heterocycles. The number of hydrogen-bond acceptors (Lipinski definition) is 4. The highest BCUT2D eigenvalue weighted by molar-refractivity contribution is 7.89. The van der Waals surface area contributed by atoms with Crippen molar-refractivity contribution in [3.05, 3.63) is 29.6 Å². The van der Waals surface area contributed by atoms with Gasteiger partial charge < -0.3 is 4.74 Å². The first-order chi connectivity index (χ1) is 10.3. The minimum Gasteiger partial charge on any atom is -0.468 e.